The Kier molecular flexibility index (Phi) is 22.0. The number of alkyl halides is 18. The van der Waals surface area contributed by atoms with E-state index in [9.17, 15) is 95.9 Å². The van der Waals surface area contributed by atoms with Crippen LogP contribution in [0.1, 0.15) is 38.5 Å². The van der Waals surface area contributed by atoms with E-state index < -0.39 is 104 Å². The molecule has 29 heteroatoms. The zero-order valence-corrected chi connectivity index (χ0v) is 30.5. The fourth-order valence-corrected chi connectivity index (χ4v) is 5.21. The van der Waals surface area contributed by atoms with Crippen molar-refractivity contribution in [3.8, 4) is 0 Å². The molecule has 3 N–H and O–H groups in total. The van der Waals surface area contributed by atoms with Crippen LogP contribution in [-0.2, 0) is 19.1 Å². The van der Waals surface area contributed by atoms with Gasteiger partial charge >= 0.3 is 36.0 Å². The molecule has 0 unspecified atom stereocenters. The van der Waals surface area contributed by atoms with Gasteiger partial charge in [-0.3, -0.25) is 0 Å². The van der Waals surface area contributed by atoms with Gasteiger partial charge in [-0.15, -0.1) is 0 Å². The van der Waals surface area contributed by atoms with Crippen LogP contribution >= 0.6 is 10.7 Å². The summed E-state index contributed by atoms with van der Waals surface area (Å²) >= 11 is 0. The largest absolute Gasteiger partial charge is 0.431 e. The lowest BCUT2D eigenvalue weighted by Gasteiger charge is -2.32. The van der Waals surface area contributed by atoms with Crippen molar-refractivity contribution in [3.63, 3.8) is 0 Å². The van der Waals surface area contributed by atoms with Gasteiger partial charge in [0, 0.05) is 30.1 Å². The SMILES string of the molecule is CN(C)CCCN.CN(C)CCCNS(=O)(=O)CCC(F)(F)CC(F)(C(F)(F)F)C(F)(F)F.O=S(=O)(Cl)CCC(F)(F)CC(F)(C(F)(F)F)C(F)(F)F. The second-order valence-corrected chi connectivity index (χ2v) is 16.5. The van der Waals surface area contributed by atoms with Crippen LogP contribution in [0.25, 0.3) is 0 Å². The topological polar surface area (TPSA) is 113 Å². The monoisotopic (exact) mass is 888 g/mol. The number of nitrogens with one attached hydrogen (secondary N) is 1. The van der Waals surface area contributed by atoms with E-state index >= 15 is 0 Å². The molecule has 0 rings (SSSR count). The second-order valence-electron chi connectivity index (χ2n) is 11.7. The van der Waals surface area contributed by atoms with Crippen LogP contribution in [-0.4, -0.2) is 140 Å². The van der Waals surface area contributed by atoms with Gasteiger partial charge in [0.2, 0.25) is 19.1 Å². The summed E-state index contributed by atoms with van der Waals surface area (Å²) in [6, 6.07) is 0. The van der Waals surface area contributed by atoms with Gasteiger partial charge in [-0.2, -0.15) is 52.7 Å². The molecule has 0 atom stereocenters. The summed E-state index contributed by atoms with van der Waals surface area (Å²) in [6.45, 7) is 2.19. The van der Waals surface area contributed by atoms with E-state index in [-0.39, 0.29) is 6.54 Å². The van der Waals surface area contributed by atoms with Crippen LogP contribution < -0.4 is 10.5 Å². The summed E-state index contributed by atoms with van der Waals surface area (Å²) < 4.78 is 271. The molecular weight excluding hydrogens is 850 g/mol. The lowest BCUT2D eigenvalue weighted by atomic mass is 9.94. The smallest absolute Gasteiger partial charge is 0.330 e. The summed E-state index contributed by atoms with van der Waals surface area (Å²) in [5.41, 5.74) is -7.05. The number of hydrogen-bond acceptors (Lipinski definition) is 7. The molecule has 0 radical (unpaired) electrons. The Hall–Kier alpha value is -1.23. The molecule has 0 aromatic rings. The van der Waals surface area contributed by atoms with Crippen LogP contribution in [0, 0.1) is 0 Å². The summed E-state index contributed by atoms with van der Waals surface area (Å²) in [4.78, 5) is 3.82. The van der Waals surface area contributed by atoms with Gasteiger partial charge in [-0.25, -0.2) is 47.9 Å². The van der Waals surface area contributed by atoms with Gasteiger partial charge in [0.25, 0.3) is 11.8 Å². The molecule has 0 aliphatic heterocycles. The van der Waals surface area contributed by atoms with Crippen molar-refractivity contribution in [1.29, 1.82) is 0 Å². The molecule has 0 bridgehead atoms. The second kappa shape index (κ2) is 20.8. The van der Waals surface area contributed by atoms with Crippen LogP contribution in [0.3, 0.4) is 0 Å². The van der Waals surface area contributed by atoms with Gasteiger partial charge in [0.1, 0.15) is 0 Å². The van der Waals surface area contributed by atoms with Gasteiger partial charge in [-0.05, 0) is 60.7 Å². The highest BCUT2D eigenvalue weighted by Crippen LogP contribution is 2.53. The molecule has 0 amide bonds. The molecule has 324 valence electrons. The van der Waals surface area contributed by atoms with Crippen molar-refractivity contribution in [3.05, 3.63) is 0 Å². The lowest BCUT2D eigenvalue weighted by molar-refractivity contribution is -0.354. The Labute approximate surface area is 298 Å². The maximum absolute atomic E-state index is 13.5. The average Bonchev–Trinajstić information content (AvgIpc) is 2.90. The first kappa shape index (κ1) is 56.1. The predicted octanol–water partition coefficient (Wildman–Crippen LogP) is 6.81. The molecule has 0 aromatic carbocycles. The quantitative estimate of drug-likeness (QED) is 0.0885. The third kappa shape index (κ3) is 22.8. The van der Waals surface area contributed by atoms with E-state index in [1.807, 2.05) is 4.72 Å². The highest BCUT2D eigenvalue weighted by Gasteiger charge is 2.75. The number of rotatable bonds is 18. The molecule has 0 aromatic heterocycles. The molecule has 8 nitrogen and oxygen atoms in total. The zero-order chi connectivity index (χ0) is 43.3. The highest BCUT2D eigenvalue weighted by molar-refractivity contribution is 8.13. The standard InChI is InChI=1S/C12H19F9N2O2S.C7H6ClF9O2S.C5H14N2/c1-23(2)6-3-5-22-26(24,25)7-4-9(13,14)8-10(15,11(16,17)18)12(19,20)21;8-20(18,19)2-1-4(9,10)3-5(11,6(12,13)14)7(15,16)17;1-7(2)5-3-4-6/h22H,3-8H2,1-2H3;1-3H2;3-6H2,1-2H3. The third-order valence-corrected chi connectivity index (χ3v) is 8.70. The molecule has 0 fully saturated rings. The Morgan fingerprint density at radius 1 is 0.547 bits per heavy atom. The van der Waals surface area contributed by atoms with Crippen LogP contribution in [0.2, 0.25) is 0 Å². The first-order valence-electron chi connectivity index (χ1n) is 14.3. The van der Waals surface area contributed by atoms with Gasteiger partial charge in [0.05, 0.1) is 24.3 Å². The van der Waals surface area contributed by atoms with Crippen LogP contribution in [0.15, 0.2) is 0 Å². The molecule has 0 saturated heterocycles. The van der Waals surface area contributed by atoms with E-state index in [1.165, 1.54) is 0 Å². The first-order chi connectivity index (χ1) is 23.0. The van der Waals surface area contributed by atoms with Crippen molar-refractivity contribution < 1.29 is 95.9 Å². The molecule has 0 saturated carbocycles. The first-order valence-corrected chi connectivity index (χ1v) is 18.4. The van der Waals surface area contributed by atoms with E-state index in [0.29, 0.717) is 13.0 Å². The van der Waals surface area contributed by atoms with E-state index in [4.69, 9.17) is 5.73 Å². The summed E-state index contributed by atoms with van der Waals surface area (Å²) in [5.74, 6) is -12.8. The summed E-state index contributed by atoms with van der Waals surface area (Å²) in [7, 11) is 3.00. The minimum atomic E-state index is -6.63. The average molecular weight is 889 g/mol. The Balaban J connectivity index is -0.000000816. The minimum absolute atomic E-state index is 0.162. The maximum atomic E-state index is 13.5. The lowest BCUT2D eigenvalue weighted by Crippen LogP contribution is -2.56. The molecule has 53 heavy (non-hydrogen) atoms. The number of sulfonamides is 1. The zero-order valence-electron chi connectivity index (χ0n) is 28.1. The van der Waals surface area contributed by atoms with Gasteiger partial charge in [-0.1, -0.05) is 0 Å². The molecule has 0 heterocycles. The van der Waals surface area contributed by atoms with Crippen molar-refractivity contribution >= 4 is 29.8 Å². The predicted molar refractivity (Wildman–Crippen MR) is 157 cm³/mol. The fourth-order valence-electron chi connectivity index (χ4n) is 3.27. The molecule has 0 spiro atoms. The van der Waals surface area contributed by atoms with E-state index in [0.717, 1.165) is 19.5 Å². The van der Waals surface area contributed by atoms with Crippen molar-refractivity contribution in [2.75, 3.05) is 65.9 Å². The Morgan fingerprint density at radius 3 is 1.09 bits per heavy atom. The minimum Gasteiger partial charge on any atom is -0.330 e. The summed E-state index contributed by atoms with van der Waals surface area (Å²) in [5, 5.41) is 0. The molecule has 0 aliphatic rings. The Morgan fingerprint density at radius 2 is 0.849 bits per heavy atom. The number of nitrogens with zero attached hydrogens (tertiary/aromatic N) is 2. The summed E-state index contributed by atoms with van der Waals surface area (Å²) in [6.07, 6.45) is -35.5. The number of nitrogens with two attached hydrogens (primary N) is 1. The van der Waals surface area contributed by atoms with Crippen molar-refractivity contribution in [2.24, 2.45) is 5.73 Å². The van der Waals surface area contributed by atoms with E-state index in [1.54, 1.807) is 19.0 Å². The van der Waals surface area contributed by atoms with Crippen molar-refractivity contribution in [2.45, 2.75) is 86.4 Å². The van der Waals surface area contributed by atoms with Gasteiger partial charge < -0.3 is 15.5 Å². The fraction of sp³-hybridized carbons (Fsp3) is 1.00. The Bertz CT molecular complexity index is 1250. The third-order valence-electron chi connectivity index (χ3n) is 6.16. The van der Waals surface area contributed by atoms with Gasteiger partial charge in [0.15, 0.2) is 0 Å². The van der Waals surface area contributed by atoms with E-state index in [2.05, 4.69) is 29.7 Å². The normalized spacial score (nSPS) is 14.5. The molecule has 0 aliphatic carbocycles. The van der Waals surface area contributed by atoms with Crippen LogP contribution in [0.4, 0.5) is 79.0 Å². The maximum Gasteiger partial charge on any atom is 0.431 e. The van der Waals surface area contributed by atoms with Crippen molar-refractivity contribution in [1.82, 2.24) is 14.5 Å². The molecular formula is C24H39ClF18N4O4S2. The highest BCUT2D eigenvalue weighted by atomic mass is 35.7. The number of hydrogen-bond donors (Lipinski definition) is 2. The van der Waals surface area contributed by atoms with Crippen LogP contribution in [0.5, 0.6) is 0 Å². The number of halogens is 19.